The Morgan fingerprint density at radius 2 is 1.69 bits per heavy atom. The fourth-order valence-electron chi connectivity index (χ4n) is 3.54. The summed E-state index contributed by atoms with van der Waals surface area (Å²) in [5.41, 5.74) is 3.77. The van der Waals surface area contributed by atoms with Crippen LogP contribution in [-0.4, -0.2) is 45.3 Å². The number of nitrogens with one attached hydrogen (secondary N) is 1. The highest BCUT2D eigenvalue weighted by Crippen LogP contribution is 2.40. The summed E-state index contributed by atoms with van der Waals surface area (Å²) in [5.74, 6) is 1.50. The SMILES string of the molecule is COc1cc(Br)c(C(c2ccc(C)cc2)N2CCCNCC2)cc1OC. The highest BCUT2D eigenvalue weighted by Gasteiger charge is 2.26. The number of hydrogen-bond donors (Lipinski definition) is 1. The number of hydrogen-bond acceptors (Lipinski definition) is 4. The number of nitrogens with zero attached hydrogens (tertiary/aromatic N) is 1. The smallest absolute Gasteiger partial charge is 0.161 e. The first kappa shape index (κ1) is 19.2. The van der Waals surface area contributed by atoms with Crippen LogP contribution in [0.4, 0.5) is 0 Å². The van der Waals surface area contributed by atoms with Crippen molar-refractivity contribution in [1.82, 2.24) is 10.2 Å². The van der Waals surface area contributed by atoms with E-state index in [1.165, 1.54) is 16.7 Å². The zero-order chi connectivity index (χ0) is 18.5. The lowest BCUT2D eigenvalue weighted by Gasteiger charge is -2.32. The first-order chi connectivity index (χ1) is 12.6. The van der Waals surface area contributed by atoms with E-state index in [9.17, 15) is 0 Å². The topological polar surface area (TPSA) is 33.7 Å². The molecule has 0 aliphatic carbocycles. The van der Waals surface area contributed by atoms with E-state index in [2.05, 4.69) is 63.4 Å². The van der Waals surface area contributed by atoms with Crippen LogP contribution in [0.15, 0.2) is 40.9 Å². The van der Waals surface area contributed by atoms with Gasteiger partial charge in [-0.1, -0.05) is 45.8 Å². The van der Waals surface area contributed by atoms with Gasteiger partial charge in [-0.05, 0) is 43.1 Å². The number of rotatable bonds is 5. The minimum absolute atomic E-state index is 0.171. The number of benzene rings is 2. The Morgan fingerprint density at radius 1 is 1.00 bits per heavy atom. The molecule has 1 heterocycles. The minimum atomic E-state index is 0.171. The molecule has 3 rings (SSSR count). The van der Waals surface area contributed by atoms with Crippen LogP contribution in [-0.2, 0) is 0 Å². The van der Waals surface area contributed by atoms with Crippen molar-refractivity contribution in [2.45, 2.75) is 19.4 Å². The van der Waals surface area contributed by atoms with E-state index in [1.807, 2.05) is 6.07 Å². The lowest BCUT2D eigenvalue weighted by atomic mass is 9.95. The maximum Gasteiger partial charge on any atom is 0.161 e. The highest BCUT2D eigenvalue weighted by molar-refractivity contribution is 9.10. The third kappa shape index (κ3) is 4.22. The van der Waals surface area contributed by atoms with E-state index in [0.29, 0.717) is 0 Å². The maximum atomic E-state index is 5.57. The van der Waals surface area contributed by atoms with E-state index in [1.54, 1.807) is 14.2 Å². The van der Waals surface area contributed by atoms with Crippen molar-refractivity contribution >= 4 is 15.9 Å². The number of halogens is 1. The van der Waals surface area contributed by atoms with Crippen molar-refractivity contribution in [3.63, 3.8) is 0 Å². The van der Waals surface area contributed by atoms with Crippen molar-refractivity contribution in [3.8, 4) is 11.5 Å². The van der Waals surface area contributed by atoms with E-state index in [4.69, 9.17) is 9.47 Å². The molecule has 1 N–H and O–H groups in total. The molecule has 140 valence electrons. The lowest BCUT2D eigenvalue weighted by Crippen LogP contribution is -2.33. The summed E-state index contributed by atoms with van der Waals surface area (Å²) in [6, 6.07) is 13.1. The van der Waals surface area contributed by atoms with Gasteiger partial charge in [0, 0.05) is 24.1 Å². The quantitative estimate of drug-likeness (QED) is 0.789. The molecule has 0 saturated carbocycles. The zero-order valence-electron chi connectivity index (χ0n) is 15.7. The molecule has 1 aliphatic rings. The average Bonchev–Trinajstić information content (AvgIpc) is 2.93. The van der Waals surface area contributed by atoms with Crippen molar-refractivity contribution in [1.29, 1.82) is 0 Å². The van der Waals surface area contributed by atoms with Crippen molar-refractivity contribution < 1.29 is 9.47 Å². The second-order valence-electron chi connectivity index (χ2n) is 6.68. The highest BCUT2D eigenvalue weighted by atomic mass is 79.9. The van der Waals surface area contributed by atoms with Gasteiger partial charge in [-0.2, -0.15) is 0 Å². The van der Waals surface area contributed by atoms with Crippen LogP contribution in [0.5, 0.6) is 11.5 Å². The molecular weight excluding hydrogens is 392 g/mol. The molecule has 0 radical (unpaired) electrons. The molecule has 1 atom stereocenters. The van der Waals surface area contributed by atoms with Crippen molar-refractivity contribution in [3.05, 3.63) is 57.6 Å². The Balaban J connectivity index is 2.09. The van der Waals surface area contributed by atoms with Gasteiger partial charge in [-0.15, -0.1) is 0 Å². The van der Waals surface area contributed by atoms with Gasteiger partial charge in [0.05, 0.1) is 20.3 Å². The Labute approximate surface area is 164 Å². The second kappa shape index (κ2) is 8.89. The standard InChI is InChI=1S/C21H27BrN2O2/c1-15-5-7-16(8-6-15)21(24-11-4-9-23-10-12-24)17-13-19(25-2)20(26-3)14-18(17)22/h5-8,13-14,21,23H,4,9-12H2,1-3H3. The largest absolute Gasteiger partial charge is 0.493 e. The van der Waals surface area contributed by atoms with Gasteiger partial charge in [-0.25, -0.2) is 0 Å². The predicted octanol–water partition coefficient (Wildman–Crippen LogP) is 4.16. The Bertz CT molecular complexity index is 726. The van der Waals surface area contributed by atoms with E-state index >= 15 is 0 Å². The van der Waals surface area contributed by atoms with Crippen molar-refractivity contribution in [2.24, 2.45) is 0 Å². The minimum Gasteiger partial charge on any atom is -0.493 e. The molecule has 1 unspecified atom stereocenters. The molecule has 1 fully saturated rings. The maximum absolute atomic E-state index is 5.57. The van der Waals surface area contributed by atoms with Gasteiger partial charge in [0.15, 0.2) is 11.5 Å². The first-order valence-corrected chi connectivity index (χ1v) is 9.86. The molecular formula is C21H27BrN2O2. The van der Waals surface area contributed by atoms with Crippen LogP contribution in [0.3, 0.4) is 0 Å². The fourth-order valence-corrected chi connectivity index (χ4v) is 4.08. The molecule has 1 saturated heterocycles. The molecule has 0 bridgehead atoms. The number of methoxy groups -OCH3 is 2. The van der Waals surface area contributed by atoms with Gasteiger partial charge in [0.2, 0.25) is 0 Å². The molecule has 5 heteroatoms. The lowest BCUT2D eigenvalue weighted by molar-refractivity contribution is 0.239. The van der Waals surface area contributed by atoms with Crippen LogP contribution in [0.1, 0.15) is 29.2 Å². The predicted molar refractivity (Wildman–Crippen MR) is 109 cm³/mol. The second-order valence-corrected chi connectivity index (χ2v) is 7.54. The summed E-state index contributed by atoms with van der Waals surface area (Å²) < 4.78 is 12.1. The van der Waals surface area contributed by atoms with Gasteiger partial charge < -0.3 is 14.8 Å². The van der Waals surface area contributed by atoms with Crippen LogP contribution < -0.4 is 14.8 Å². The summed E-state index contributed by atoms with van der Waals surface area (Å²) in [5, 5.41) is 3.50. The van der Waals surface area contributed by atoms with Crippen LogP contribution in [0.2, 0.25) is 0 Å². The Hall–Kier alpha value is -1.56. The normalized spacial score (nSPS) is 16.8. The van der Waals surface area contributed by atoms with Gasteiger partial charge in [0.1, 0.15) is 0 Å². The number of aryl methyl sites for hydroxylation is 1. The van der Waals surface area contributed by atoms with E-state index in [-0.39, 0.29) is 6.04 Å². The zero-order valence-corrected chi connectivity index (χ0v) is 17.3. The van der Waals surface area contributed by atoms with E-state index in [0.717, 1.165) is 48.6 Å². The average molecular weight is 419 g/mol. The molecule has 26 heavy (non-hydrogen) atoms. The molecule has 2 aromatic rings. The van der Waals surface area contributed by atoms with Crippen molar-refractivity contribution in [2.75, 3.05) is 40.4 Å². The van der Waals surface area contributed by atoms with E-state index < -0.39 is 0 Å². The Kier molecular flexibility index (Phi) is 6.57. The van der Waals surface area contributed by atoms with Crippen LogP contribution >= 0.6 is 15.9 Å². The van der Waals surface area contributed by atoms with Gasteiger partial charge in [-0.3, -0.25) is 4.90 Å². The molecule has 4 nitrogen and oxygen atoms in total. The molecule has 1 aliphatic heterocycles. The first-order valence-electron chi connectivity index (χ1n) is 9.06. The van der Waals surface area contributed by atoms with Crippen LogP contribution in [0, 0.1) is 6.92 Å². The van der Waals surface area contributed by atoms with Gasteiger partial charge in [0.25, 0.3) is 0 Å². The molecule has 0 aromatic heterocycles. The fraction of sp³-hybridized carbons (Fsp3) is 0.429. The summed E-state index contributed by atoms with van der Waals surface area (Å²) >= 11 is 3.77. The summed E-state index contributed by atoms with van der Waals surface area (Å²) in [7, 11) is 3.36. The molecule has 0 amide bonds. The Morgan fingerprint density at radius 3 is 2.38 bits per heavy atom. The number of ether oxygens (including phenoxy) is 2. The monoisotopic (exact) mass is 418 g/mol. The molecule has 0 spiro atoms. The third-order valence-corrected chi connectivity index (χ3v) is 5.62. The third-order valence-electron chi connectivity index (χ3n) is 4.93. The molecule has 2 aromatic carbocycles. The summed E-state index contributed by atoms with van der Waals surface area (Å²) in [4.78, 5) is 2.55. The summed E-state index contributed by atoms with van der Waals surface area (Å²) in [6.07, 6.45) is 1.15. The van der Waals surface area contributed by atoms with Crippen LogP contribution in [0.25, 0.3) is 0 Å². The van der Waals surface area contributed by atoms with Gasteiger partial charge >= 0.3 is 0 Å². The summed E-state index contributed by atoms with van der Waals surface area (Å²) in [6.45, 7) is 6.28.